The molecule has 0 atom stereocenters. The monoisotopic (exact) mass is 452 g/mol. The third kappa shape index (κ3) is 5.72. The molecular formula is C27H20N2O5. The van der Waals surface area contributed by atoms with Crippen LogP contribution in [0.4, 0.5) is 5.69 Å². The Hall–Kier alpha value is -4.78. The second-order valence-electron chi connectivity index (χ2n) is 7.17. The SMILES string of the molecule is O=C(COC(=O)c1cccnc1Oc1ccccc1)c1ccc(NC(=O)c2ccccc2)cc1. The lowest BCUT2D eigenvalue weighted by atomic mass is 10.1. The maximum absolute atomic E-state index is 12.6. The average molecular weight is 452 g/mol. The summed E-state index contributed by atoms with van der Waals surface area (Å²) in [5, 5.41) is 2.77. The molecule has 0 saturated carbocycles. The van der Waals surface area contributed by atoms with Crippen LogP contribution in [0.15, 0.2) is 103 Å². The van der Waals surface area contributed by atoms with E-state index in [4.69, 9.17) is 9.47 Å². The number of para-hydroxylation sites is 1. The number of hydrogen-bond acceptors (Lipinski definition) is 6. The van der Waals surface area contributed by atoms with Crippen LogP contribution >= 0.6 is 0 Å². The maximum Gasteiger partial charge on any atom is 0.344 e. The third-order valence-corrected chi connectivity index (χ3v) is 4.78. The van der Waals surface area contributed by atoms with Crippen LogP contribution in [-0.2, 0) is 4.74 Å². The molecule has 0 bridgehead atoms. The van der Waals surface area contributed by atoms with E-state index in [0.29, 0.717) is 22.6 Å². The zero-order valence-corrected chi connectivity index (χ0v) is 18.0. The Morgan fingerprint density at radius 1 is 0.735 bits per heavy atom. The number of carbonyl (C=O) groups excluding carboxylic acids is 3. The predicted molar refractivity (Wildman–Crippen MR) is 126 cm³/mol. The largest absolute Gasteiger partial charge is 0.454 e. The van der Waals surface area contributed by atoms with Gasteiger partial charge in [-0.1, -0.05) is 36.4 Å². The van der Waals surface area contributed by atoms with Gasteiger partial charge in [-0.05, 0) is 60.7 Å². The molecular weight excluding hydrogens is 432 g/mol. The average Bonchev–Trinajstić information content (AvgIpc) is 2.89. The first-order chi connectivity index (χ1) is 16.6. The quantitative estimate of drug-likeness (QED) is 0.293. The molecule has 4 aromatic rings. The summed E-state index contributed by atoms with van der Waals surface area (Å²) in [6, 6.07) is 27.2. The number of benzene rings is 3. The van der Waals surface area contributed by atoms with Gasteiger partial charge in [-0.3, -0.25) is 9.59 Å². The van der Waals surface area contributed by atoms with Gasteiger partial charge in [-0.15, -0.1) is 0 Å². The second-order valence-corrected chi connectivity index (χ2v) is 7.17. The van der Waals surface area contributed by atoms with Crippen molar-refractivity contribution >= 4 is 23.3 Å². The lowest BCUT2D eigenvalue weighted by Gasteiger charge is -2.10. The summed E-state index contributed by atoms with van der Waals surface area (Å²) in [6.07, 6.45) is 1.50. The van der Waals surface area contributed by atoms with Crippen LogP contribution in [0.5, 0.6) is 11.6 Å². The van der Waals surface area contributed by atoms with E-state index < -0.39 is 12.6 Å². The number of hydrogen-bond donors (Lipinski definition) is 1. The fraction of sp³-hybridized carbons (Fsp3) is 0.0370. The maximum atomic E-state index is 12.6. The van der Waals surface area contributed by atoms with E-state index in [-0.39, 0.29) is 23.1 Å². The van der Waals surface area contributed by atoms with Crippen molar-refractivity contribution in [3.05, 3.63) is 120 Å². The van der Waals surface area contributed by atoms with Gasteiger partial charge in [0, 0.05) is 23.0 Å². The van der Waals surface area contributed by atoms with Crippen molar-refractivity contribution in [1.29, 1.82) is 0 Å². The van der Waals surface area contributed by atoms with E-state index in [1.165, 1.54) is 12.3 Å². The Morgan fingerprint density at radius 2 is 1.41 bits per heavy atom. The number of aromatic nitrogens is 1. The first kappa shape index (κ1) is 22.4. The molecule has 4 rings (SSSR count). The standard InChI is InChI=1S/C27H20N2O5/c30-24(19-13-15-21(16-14-19)29-25(31)20-8-3-1-4-9-20)18-33-27(32)23-12-7-17-28-26(23)34-22-10-5-2-6-11-22/h1-17H,18H2,(H,29,31). The van der Waals surface area contributed by atoms with E-state index in [1.54, 1.807) is 78.9 Å². The van der Waals surface area contributed by atoms with Crippen molar-refractivity contribution < 1.29 is 23.9 Å². The number of esters is 1. The van der Waals surface area contributed by atoms with Gasteiger partial charge in [0.25, 0.3) is 5.91 Å². The van der Waals surface area contributed by atoms with Crippen molar-refractivity contribution in [2.45, 2.75) is 0 Å². The minimum absolute atomic E-state index is 0.0876. The lowest BCUT2D eigenvalue weighted by molar-refractivity contribution is 0.0471. The Balaban J connectivity index is 1.35. The molecule has 3 aromatic carbocycles. The first-order valence-electron chi connectivity index (χ1n) is 10.4. The molecule has 1 amide bonds. The van der Waals surface area contributed by atoms with Crippen LogP contribution in [0.1, 0.15) is 31.1 Å². The minimum atomic E-state index is -0.723. The smallest absolute Gasteiger partial charge is 0.344 e. The minimum Gasteiger partial charge on any atom is -0.454 e. The van der Waals surface area contributed by atoms with Crippen LogP contribution in [0.3, 0.4) is 0 Å². The summed E-state index contributed by atoms with van der Waals surface area (Å²) in [7, 11) is 0. The molecule has 0 aliphatic carbocycles. The number of rotatable bonds is 8. The summed E-state index contributed by atoms with van der Waals surface area (Å²) in [5.41, 5.74) is 1.52. The summed E-state index contributed by atoms with van der Waals surface area (Å²) in [5.74, 6) is -0.753. The fourth-order valence-corrected chi connectivity index (χ4v) is 3.05. The van der Waals surface area contributed by atoms with Gasteiger partial charge in [0.1, 0.15) is 11.3 Å². The molecule has 0 spiro atoms. The van der Waals surface area contributed by atoms with Crippen LogP contribution in [0.25, 0.3) is 0 Å². The van der Waals surface area contributed by atoms with Crippen molar-refractivity contribution in [1.82, 2.24) is 4.98 Å². The molecule has 0 aliphatic rings. The van der Waals surface area contributed by atoms with Gasteiger partial charge >= 0.3 is 5.97 Å². The fourth-order valence-electron chi connectivity index (χ4n) is 3.05. The highest BCUT2D eigenvalue weighted by molar-refractivity contribution is 6.05. The number of ether oxygens (including phenoxy) is 2. The normalized spacial score (nSPS) is 10.2. The molecule has 34 heavy (non-hydrogen) atoms. The van der Waals surface area contributed by atoms with Gasteiger partial charge in [0.15, 0.2) is 12.4 Å². The Morgan fingerprint density at radius 3 is 2.12 bits per heavy atom. The van der Waals surface area contributed by atoms with Gasteiger partial charge < -0.3 is 14.8 Å². The Bertz CT molecular complexity index is 1290. The number of nitrogens with one attached hydrogen (secondary N) is 1. The number of anilines is 1. The summed E-state index contributed by atoms with van der Waals surface area (Å²) in [6.45, 7) is -0.450. The summed E-state index contributed by atoms with van der Waals surface area (Å²) >= 11 is 0. The van der Waals surface area contributed by atoms with E-state index >= 15 is 0 Å². The lowest BCUT2D eigenvalue weighted by Crippen LogP contribution is -2.15. The first-order valence-corrected chi connectivity index (χ1v) is 10.4. The highest BCUT2D eigenvalue weighted by Gasteiger charge is 2.18. The van der Waals surface area contributed by atoms with Crippen LogP contribution in [0.2, 0.25) is 0 Å². The molecule has 0 aliphatic heterocycles. The van der Waals surface area contributed by atoms with Crippen molar-refractivity contribution in [3.63, 3.8) is 0 Å². The third-order valence-electron chi connectivity index (χ3n) is 4.78. The van der Waals surface area contributed by atoms with Crippen molar-refractivity contribution in [3.8, 4) is 11.6 Å². The molecule has 7 nitrogen and oxygen atoms in total. The highest BCUT2D eigenvalue weighted by Crippen LogP contribution is 2.23. The van der Waals surface area contributed by atoms with E-state index in [9.17, 15) is 14.4 Å². The van der Waals surface area contributed by atoms with Gasteiger partial charge in [-0.2, -0.15) is 0 Å². The van der Waals surface area contributed by atoms with Crippen molar-refractivity contribution in [2.24, 2.45) is 0 Å². The van der Waals surface area contributed by atoms with Gasteiger partial charge in [0.2, 0.25) is 5.88 Å². The molecule has 0 unspecified atom stereocenters. The van der Waals surface area contributed by atoms with Gasteiger partial charge in [-0.25, -0.2) is 9.78 Å². The highest BCUT2D eigenvalue weighted by atomic mass is 16.5. The van der Waals surface area contributed by atoms with E-state index in [2.05, 4.69) is 10.3 Å². The molecule has 0 radical (unpaired) electrons. The van der Waals surface area contributed by atoms with Crippen molar-refractivity contribution in [2.75, 3.05) is 11.9 Å². The number of carbonyl (C=O) groups is 3. The molecule has 1 aromatic heterocycles. The molecule has 7 heteroatoms. The molecule has 168 valence electrons. The number of pyridine rings is 1. The molecule has 1 heterocycles. The topological polar surface area (TPSA) is 94.6 Å². The number of Topliss-reactive ketones (excluding diaryl/α,β-unsaturated/α-hetero) is 1. The van der Waals surface area contributed by atoms with Crippen LogP contribution in [-0.4, -0.2) is 29.3 Å². The van der Waals surface area contributed by atoms with Crippen LogP contribution in [0, 0.1) is 0 Å². The molecule has 0 saturated heterocycles. The Labute approximate surface area is 196 Å². The van der Waals surface area contributed by atoms with Gasteiger partial charge in [0.05, 0.1) is 0 Å². The number of amides is 1. The van der Waals surface area contributed by atoms with E-state index in [0.717, 1.165) is 0 Å². The molecule has 0 fully saturated rings. The molecule has 1 N–H and O–H groups in total. The zero-order chi connectivity index (χ0) is 23.8. The summed E-state index contributed by atoms with van der Waals surface area (Å²) in [4.78, 5) is 41.4. The summed E-state index contributed by atoms with van der Waals surface area (Å²) < 4.78 is 10.9. The van der Waals surface area contributed by atoms with Crippen LogP contribution < -0.4 is 10.1 Å². The number of ketones is 1. The second kappa shape index (κ2) is 10.7. The Kier molecular flexibility index (Phi) is 7.05. The predicted octanol–water partition coefficient (Wildman–Crippen LogP) is 5.17. The zero-order valence-electron chi connectivity index (χ0n) is 18.0. The number of nitrogens with zero attached hydrogens (tertiary/aromatic N) is 1. The van der Waals surface area contributed by atoms with E-state index in [1.807, 2.05) is 12.1 Å².